The van der Waals surface area contributed by atoms with Crippen LogP contribution in [0.3, 0.4) is 0 Å². The van der Waals surface area contributed by atoms with Gasteiger partial charge in [0, 0.05) is 64.2 Å². The van der Waals surface area contributed by atoms with Gasteiger partial charge < -0.3 is 14.2 Å². The van der Waals surface area contributed by atoms with E-state index in [-0.39, 0.29) is 18.0 Å². The maximum absolute atomic E-state index is 12.6. The number of ether oxygens (including phenoxy) is 1. The van der Waals surface area contributed by atoms with Crippen LogP contribution in [0.1, 0.15) is 37.2 Å². The monoisotopic (exact) mass is 489 g/mol. The summed E-state index contributed by atoms with van der Waals surface area (Å²) in [5.74, 6) is 1.19. The van der Waals surface area contributed by atoms with E-state index in [0.717, 1.165) is 86.6 Å². The van der Waals surface area contributed by atoms with Crippen LogP contribution >= 0.6 is 0 Å². The fraction of sp³-hybridized carbons (Fsp3) is 0.464. The van der Waals surface area contributed by atoms with Gasteiger partial charge in [0.2, 0.25) is 5.91 Å². The molecule has 3 heterocycles. The molecule has 0 bridgehead atoms. The predicted molar refractivity (Wildman–Crippen MR) is 140 cm³/mol. The third-order valence-electron chi connectivity index (χ3n) is 7.63. The van der Waals surface area contributed by atoms with Crippen molar-refractivity contribution in [2.24, 2.45) is 0 Å². The molecule has 2 aromatic carbocycles. The minimum atomic E-state index is -0.323. The fourth-order valence-electron chi connectivity index (χ4n) is 5.54. The van der Waals surface area contributed by atoms with E-state index in [1.807, 2.05) is 11.0 Å². The number of fused-ring (bicyclic) bond motifs is 3. The number of benzene rings is 2. The molecule has 0 saturated carbocycles. The van der Waals surface area contributed by atoms with Crippen LogP contribution in [0.4, 0.5) is 10.5 Å². The van der Waals surface area contributed by atoms with E-state index in [2.05, 4.69) is 52.8 Å². The number of aromatic nitrogens is 2. The number of piperazine rings is 1. The smallest absolute Gasteiger partial charge is 0.414 e. The van der Waals surface area contributed by atoms with Crippen molar-refractivity contribution >= 4 is 28.7 Å². The van der Waals surface area contributed by atoms with Gasteiger partial charge in [-0.25, -0.2) is 9.78 Å². The molecule has 3 aromatic rings. The molecule has 2 aliphatic rings. The number of carbonyl (C=O) groups excluding carboxylic acids is 2. The minimum absolute atomic E-state index is 0.0851. The lowest BCUT2D eigenvalue weighted by molar-refractivity contribution is -0.130. The summed E-state index contributed by atoms with van der Waals surface area (Å²) in [4.78, 5) is 35.6. The SMILES string of the molecule is COC(=O)N1c2ccc3c(nc(Cc4ccccc4)n3CCN3CCN(C(C)=O)CC3)c2CCC1C. The van der Waals surface area contributed by atoms with Gasteiger partial charge in [0.05, 0.1) is 23.8 Å². The van der Waals surface area contributed by atoms with Gasteiger partial charge in [0.15, 0.2) is 0 Å². The second kappa shape index (κ2) is 10.3. The summed E-state index contributed by atoms with van der Waals surface area (Å²) in [6.07, 6.45) is 2.19. The van der Waals surface area contributed by atoms with Crippen LogP contribution in [-0.2, 0) is 28.9 Å². The van der Waals surface area contributed by atoms with Crippen molar-refractivity contribution in [2.75, 3.05) is 44.7 Å². The van der Waals surface area contributed by atoms with Gasteiger partial charge in [-0.1, -0.05) is 30.3 Å². The molecule has 0 spiro atoms. The highest BCUT2D eigenvalue weighted by molar-refractivity contribution is 5.95. The van der Waals surface area contributed by atoms with Gasteiger partial charge in [-0.2, -0.15) is 0 Å². The average molecular weight is 490 g/mol. The van der Waals surface area contributed by atoms with Crippen molar-refractivity contribution < 1.29 is 14.3 Å². The summed E-state index contributed by atoms with van der Waals surface area (Å²) in [7, 11) is 1.44. The summed E-state index contributed by atoms with van der Waals surface area (Å²) < 4.78 is 7.44. The number of methoxy groups -OCH3 is 1. The van der Waals surface area contributed by atoms with Gasteiger partial charge in [-0.15, -0.1) is 0 Å². The van der Waals surface area contributed by atoms with E-state index >= 15 is 0 Å². The van der Waals surface area contributed by atoms with Crippen LogP contribution in [0, 0.1) is 0 Å². The van der Waals surface area contributed by atoms with Crippen molar-refractivity contribution in [3.8, 4) is 0 Å². The summed E-state index contributed by atoms with van der Waals surface area (Å²) in [6, 6.07) is 14.7. The summed E-state index contributed by atoms with van der Waals surface area (Å²) in [5.41, 5.74) is 5.35. The van der Waals surface area contributed by atoms with Crippen LogP contribution in [0.2, 0.25) is 0 Å². The number of anilines is 1. The molecule has 0 aliphatic carbocycles. The average Bonchev–Trinajstić information content (AvgIpc) is 3.24. The zero-order valence-electron chi connectivity index (χ0n) is 21.4. The van der Waals surface area contributed by atoms with Crippen LogP contribution in [-0.4, -0.2) is 77.2 Å². The van der Waals surface area contributed by atoms with E-state index in [4.69, 9.17) is 9.72 Å². The molecule has 1 unspecified atom stereocenters. The zero-order valence-corrected chi connectivity index (χ0v) is 21.4. The number of imidazole rings is 1. The number of carbonyl (C=O) groups is 2. The van der Waals surface area contributed by atoms with Crippen LogP contribution in [0.15, 0.2) is 42.5 Å². The van der Waals surface area contributed by atoms with Crippen molar-refractivity contribution in [3.05, 3.63) is 59.4 Å². The first kappa shape index (κ1) is 24.3. The zero-order chi connectivity index (χ0) is 25.2. The molecule has 190 valence electrons. The molecule has 8 nitrogen and oxygen atoms in total. The quantitative estimate of drug-likeness (QED) is 0.547. The summed E-state index contributed by atoms with van der Waals surface area (Å²) in [5, 5.41) is 0. The van der Waals surface area contributed by atoms with Crippen molar-refractivity contribution in [2.45, 2.75) is 45.7 Å². The summed E-state index contributed by atoms with van der Waals surface area (Å²) in [6.45, 7) is 8.79. The maximum atomic E-state index is 12.6. The van der Waals surface area contributed by atoms with E-state index < -0.39 is 0 Å². The highest BCUT2D eigenvalue weighted by Crippen LogP contribution is 2.36. The highest BCUT2D eigenvalue weighted by Gasteiger charge is 2.31. The molecule has 5 rings (SSSR count). The lowest BCUT2D eigenvalue weighted by Crippen LogP contribution is -2.48. The number of hydrogen-bond acceptors (Lipinski definition) is 5. The first-order chi connectivity index (χ1) is 17.5. The van der Waals surface area contributed by atoms with Crippen LogP contribution in [0.5, 0.6) is 0 Å². The molecule has 2 amide bonds. The Labute approximate surface area is 212 Å². The van der Waals surface area contributed by atoms with Gasteiger partial charge in [0.1, 0.15) is 5.82 Å². The van der Waals surface area contributed by atoms with E-state index in [1.54, 1.807) is 11.8 Å². The largest absolute Gasteiger partial charge is 0.452 e. The molecular formula is C28H35N5O3. The number of amides is 2. The number of nitrogens with zero attached hydrogens (tertiary/aromatic N) is 5. The van der Waals surface area contributed by atoms with Crippen LogP contribution in [0.25, 0.3) is 11.0 Å². The van der Waals surface area contributed by atoms with E-state index in [0.29, 0.717) is 0 Å². The van der Waals surface area contributed by atoms with Crippen molar-refractivity contribution in [1.82, 2.24) is 19.4 Å². The lowest BCUT2D eigenvalue weighted by Gasteiger charge is -2.34. The predicted octanol–water partition coefficient (Wildman–Crippen LogP) is 3.70. The topological polar surface area (TPSA) is 70.9 Å². The Morgan fingerprint density at radius 1 is 1.03 bits per heavy atom. The first-order valence-corrected chi connectivity index (χ1v) is 12.9. The third-order valence-corrected chi connectivity index (χ3v) is 7.63. The molecule has 2 aliphatic heterocycles. The Hall–Kier alpha value is -3.39. The Kier molecular flexibility index (Phi) is 6.96. The normalized spacial score (nSPS) is 18.4. The van der Waals surface area contributed by atoms with Crippen molar-refractivity contribution in [3.63, 3.8) is 0 Å². The van der Waals surface area contributed by atoms with Gasteiger partial charge in [-0.3, -0.25) is 14.6 Å². The number of rotatable bonds is 5. The van der Waals surface area contributed by atoms with E-state index in [1.165, 1.54) is 12.7 Å². The second-order valence-electron chi connectivity index (χ2n) is 9.85. The van der Waals surface area contributed by atoms with Gasteiger partial charge in [-0.05, 0) is 37.5 Å². The van der Waals surface area contributed by atoms with Crippen LogP contribution < -0.4 is 4.90 Å². The lowest BCUT2D eigenvalue weighted by atomic mass is 9.96. The first-order valence-electron chi connectivity index (χ1n) is 12.9. The minimum Gasteiger partial charge on any atom is -0.452 e. The second-order valence-corrected chi connectivity index (χ2v) is 9.85. The van der Waals surface area contributed by atoms with E-state index in [9.17, 15) is 9.59 Å². The number of hydrogen-bond donors (Lipinski definition) is 0. The molecule has 1 fully saturated rings. The fourth-order valence-corrected chi connectivity index (χ4v) is 5.54. The highest BCUT2D eigenvalue weighted by atomic mass is 16.5. The van der Waals surface area contributed by atoms with Crippen molar-refractivity contribution in [1.29, 1.82) is 0 Å². The molecular weight excluding hydrogens is 454 g/mol. The standard InChI is InChI=1S/C28H35N5O3/c1-20-9-10-23-24(33(20)28(35)36-3)11-12-25-27(23)29-26(19-22-7-5-4-6-8-22)32(25)18-15-30-13-16-31(17-14-30)21(2)34/h4-8,11-12,20H,9-10,13-19H2,1-3H3. The third kappa shape index (κ3) is 4.69. The molecule has 1 aromatic heterocycles. The van der Waals surface area contributed by atoms with Gasteiger partial charge in [0.25, 0.3) is 0 Å². The van der Waals surface area contributed by atoms with Gasteiger partial charge >= 0.3 is 6.09 Å². The molecule has 8 heteroatoms. The summed E-state index contributed by atoms with van der Waals surface area (Å²) >= 11 is 0. The molecule has 36 heavy (non-hydrogen) atoms. The Morgan fingerprint density at radius 3 is 2.47 bits per heavy atom. The Balaban J connectivity index is 1.48. The molecule has 0 N–H and O–H groups in total. The Morgan fingerprint density at radius 2 is 1.78 bits per heavy atom. The Bertz CT molecular complexity index is 1250. The molecule has 1 atom stereocenters. The molecule has 1 saturated heterocycles. The number of aryl methyl sites for hydroxylation is 1. The maximum Gasteiger partial charge on any atom is 0.414 e. The molecule has 0 radical (unpaired) electrons.